The van der Waals surface area contributed by atoms with Crippen LogP contribution in [0.3, 0.4) is 0 Å². The number of hydrogen-bond acceptors (Lipinski definition) is 5. The van der Waals surface area contributed by atoms with E-state index in [4.69, 9.17) is 15.0 Å². The number of fused-ring (bicyclic) bond motifs is 1. The first-order valence-corrected chi connectivity index (χ1v) is 14.0. The van der Waals surface area contributed by atoms with Crippen molar-refractivity contribution in [3.8, 4) is 56.4 Å². The molecule has 4 aromatic carbocycles. The molecule has 6 heteroatoms. The topological polar surface area (TPSA) is 64.5 Å². The van der Waals surface area contributed by atoms with Gasteiger partial charge in [-0.15, -0.1) is 0 Å². The molecule has 3 aromatic heterocycles. The fourth-order valence-electron chi connectivity index (χ4n) is 4.86. The Hall–Kier alpha value is -5.07. The summed E-state index contributed by atoms with van der Waals surface area (Å²) in [5.41, 5.74) is 6.91. The van der Waals surface area contributed by atoms with Crippen molar-refractivity contribution in [1.29, 1.82) is 0 Å². The number of hydrogen-bond donors (Lipinski definition) is 0. The highest BCUT2D eigenvalue weighted by atomic mass is 79.9. The van der Waals surface area contributed by atoms with Gasteiger partial charge < -0.3 is 0 Å². The number of aromatic nitrogens is 5. The third-order valence-electron chi connectivity index (χ3n) is 6.93. The van der Waals surface area contributed by atoms with E-state index in [0.29, 0.717) is 17.5 Å². The molecule has 0 aliphatic carbocycles. The Morgan fingerprint density at radius 1 is 0.390 bits per heavy atom. The third kappa shape index (κ3) is 5.25. The molecule has 0 atom stereocenters. The van der Waals surface area contributed by atoms with Gasteiger partial charge in [-0.2, -0.15) is 0 Å². The van der Waals surface area contributed by atoms with Gasteiger partial charge in [0.1, 0.15) is 0 Å². The summed E-state index contributed by atoms with van der Waals surface area (Å²) >= 11 is 3.70. The lowest BCUT2D eigenvalue weighted by atomic mass is 10.0. The van der Waals surface area contributed by atoms with E-state index in [1.165, 1.54) is 5.39 Å². The van der Waals surface area contributed by atoms with Gasteiger partial charge in [-0.25, -0.2) is 15.0 Å². The number of halogens is 1. The zero-order valence-electron chi connectivity index (χ0n) is 21.8. The Bertz CT molecular complexity index is 1990. The van der Waals surface area contributed by atoms with Crippen LogP contribution in [0.1, 0.15) is 0 Å². The summed E-state index contributed by atoms with van der Waals surface area (Å²) < 4.78 is 0.934. The van der Waals surface area contributed by atoms with Gasteiger partial charge in [0.25, 0.3) is 0 Å². The molecule has 0 N–H and O–H groups in total. The number of benzene rings is 4. The smallest absolute Gasteiger partial charge is 0.164 e. The zero-order valence-corrected chi connectivity index (χ0v) is 23.4. The molecule has 0 saturated heterocycles. The van der Waals surface area contributed by atoms with Gasteiger partial charge in [-0.05, 0) is 63.9 Å². The van der Waals surface area contributed by atoms with Crippen LogP contribution in [0.2, 0.25) is 0 Å². The lowest BCUT2D eigenvalue weighted by Crippen LogP contribution is -2.00. The Morgan fingerprint density at radius 2 is 0.951 bits per heavy atom. The molecular formula is C35H22BrN5. The Morgan fingerprint density at radius 3 is 1.63 bits per heavy atom. The molecule has 194 valence electrons. The first-order chi connectivity index (χ1) is 20.2. The minimum atomic E-state index is 0.598. The van der Waals surface area contributed by atoms with Crippen LogP contribution in [0.4, 0.5) is 0 Å². The molecular weight excluding hydrogens is 570 g/mol. The monoisotopic (exact) mass is 591 g/mol. The highest BCUT2D eigenvalue weighted by molar-refractivity contribution is 9.10. The zero-order chi connectivity index (χ0) is 27.6. The van der Waals surface area contributed by atoms with Crippen LogP contribution in [0.15, 0.2) is 138 Å². The lowest BCUT2D eigenvalue weighted by molar-refractivity contribution is 1.07. The van der Waals surface area contributed by atoms with Crippen molar-refractivity contribution in [3.05, 3.63) is 138 Å². The predicted octanol–water partition coefficient (Wildman–Crippen LogP) is 8.91. The fourth-order valence-corrected chi connectivity index (χ4v) is 5.35. The summed E-state index contributed by atoms with van der Waals surface area (Å²) in [5, 5.41) is 2.31. The molecule has 7 aromatic rings. The first-order valence-electron chi connectivity index (χ1n) is 13.2. The summed E-state index contributed by atoms with van der Waals surface area (Å²) in [5.74, 6) is 1.83. The molecule has 41 heavy (non-hydrogen) atoms. The maximum atomic E-state index is 4.98. The third-order valence-corrected chi connectivity index (χ3v) is 7.39. The standard InChI is InChI=1S/C35H22BrN5/c36-32-19-30(29-8-4-16-38-22-29)18-31(20-32)35-40-33(25-12-9-24(10-13-25)28-7-3-15-37-21-28)39-34(41-35)27-14-11-23-5-1-2-6-26(23)17-27/h1-22H. The Labute approximate surface area is 245 Å². The minimum Gasteiger partial charge on any atom is -0.264 e. The second-order valence-corrected chi connectivity index (χ2v) is 10.6. The molecule has 7 rings (SSSR count). The first kappa shape index (κ1) is 24.9. The van der Waals surface area contributed by atoms with Crippen molar-refractivity contribution in [1.82, 2.24) is 24.9 Å². The van der Waals surface area contributed by atoms with Gasteiger partial charge >= 0.3 is 0 Å². The summed E-state index contributed by atoms with van der Waals surface area (Å²) in [4.78, 5) is 23.4. The molecule has 0 bridgehead atoms. The van der Waals surface area contributed by atoms with E-state index in [1.807, 2.05) is 67.0 Å². The highest BCUT2D eigenvalue weighted by Crippen LogP contribution is 2.32. The van der Waals surface area contributed by atoms with Crippen LogP contribution in [0.25, 0.3) is 67.2 Å². The molecule has 0 aliphatic heterocycles. The molecule has 0 fully saturated rings. The van der Waals surface area contributed by atoms with Gasteiger partial charge in [0, 0.05) is 51.5 Å². The van der Waals surface area contributed by atoms with Crippen molar-refractivity contribution < 1.29 is 0 Å². The van der Waals surface area contributed by atoms with Crippen LogP contribution >= 0.6 is 15.9 Å². The number of pyridine rings is 2. The SMILES string of the molecule is Brc1cc(-c2cccnc2)cc(-c2nc(-c3ccc(-c4cccnc4)cc3)nc(-c3ccc4ccccc4c3)n2)c1. The molecule has 0 amide bonds. The minimum absolute atomic E-state index is 0.598. The fraction of sp³-hybridized carbons (Fsp3) is 0. The second-order valence-electron chi connectivity index (χ2n) is 9.66. The van der Waals surface area contributed by atoms with Crippen molar-refractivity contribution in [3.63, 3.8) is 0 Å². The summed E-state index contributed by atoms with van der Waals surface area (Å²) in [6.07, 6.45) is 7.27. The van der Waals surface area contributed by atoms with Gasteiger partial charge in [-0.3, -0.25) is 9.97 Å². The van der Waals surface area contributed by atoms with E-state index >= 15 is 0 Å². The average molecular weight is 593 g/mol. The van der Waals surface area contributed by atoms with Crippen molar-refractivity contribution in [2.24, 2.45) is 0 Å². The van der Waals surface area contributed by atoms with E-state index in [0.717, 1.165) is 48.8 Å². The molecule has 5 nitrogen and oxygen atoms in total. The van der Waals surface area contributed by atoms with Crippen LogP contribution < -0.4 is 0 Å². The number of nitrogens with zero attached hydrogens (tertiary/aromatic N) is 5. The molecule has 0 saturated carbocycles. The second kappa shape index (κ2) is 10.8. The van der Waals surface area contributed by atoms with Gasteiger partial charge in [0.05, 0.1) is 0 Å². The van der Waals surface area contributed by atoms with E-state index in [2.05, 4.69) is 80.5 Å². The Balaban J connectivity index is 1.38. The Kier molecular flexibility index (Phi) is 6.59. The van der Waals surface area contributed by atoms with Crippen LogP contribution in [-0.2, 0) is 0 Å². The molecule has 0 spiro atoms. The average Bonchev–Trinajstić information content (AvgIpc) is 3.05. The maximum Gasteiger partial charge on any atom is 0.164 e. The molecule has 0 radical (unpaired) electrons. The summed E-state index contributed by atoms with van der Waals surface area (Å²) in [7, 11) is 0. The van der Waals surface area contributed by atoms with Crippen molar-refractivity contribution in [2.45, 2.75) is 0 Å². The summed E-state index contributed by atoms with van der Waals surface area (Å²) in [6, 6.07) is 37.0. The largest absolute Gasteiger partial charge is 0.264 e. The van der Waals surface area contributed by atoms with E-state index < -0.39 is 0 Å². The van der Waals surface area contributed by atoms with Crippen LogP contribution in [0.5, 0.6) is 0 Å². The van der Waals surface area contributed by atoms with Gasteiger partial charge in [0.2, 0.25) is 0 Å². The molecule has 0 unspecified atom stereocenters. The normalized spacial score (nSPS) is 11.0. The molecule has 3 heterocycles. The highest BCUT2D eigenvalue weighted by Gasteiger charge is 2.14. The number of rotatable bonds is 5. The molecule has 0 aliphatic rings. The van der Waals surface area contributed by atoms with Crippen LogP contribution in [-0.4, -0.2) is 24.9 Å². The van der Waals surface area contributed by atoms with Crippen molar-refractivity contribution in [2.75, 3.05) is 0 Å². The van der Waals surface area contributed by atoms with E-state index in [-0.39, 0.29) is 0 Å². The van der Waals surface area contributed by atoms with Gasteiger partial charge in [-0.1, -0.05) is 88.7 Å². The lowest BCUT2D eigenvalue weighted by Gasteiger charge is -2.11. The van der Waals surface area contributed by atoms with E-state index in [9.17, 15) is 0 Å². The predicted molar refractivity (Wildman–Crippen MR) is 168 cm³/mol. The van der Waals surface area contributed by atoms with E-state index in [1.54, 1.807) is 12.4 Å². The van der Waals surface area contributed by atoms with Gasteiger partial charge in [0.15, 0.2) is 17.5 Å². The van der Waals surface area contributed by atoms with Crippen molar-refractivity contribution >= 4 is 26.7 Å². The summed E-state index contributed by atoms with van der Waals surface area (Å²) in [6.45, 7) is 0. The van der Waals surface area contributed by atoms with Crippen LogP contribution in [0, 0.1) is 0 Å². The maximum absolute atomic E-state index is 4.98. The quantitative estimate of drug-likeness (QED) is 0.200.